The second-order valence-electron chi connectivity index (χ2n) is 12.2. The maximum atomic E-state index is 2.43. The van der Waals surface area contributed by atoms with Gasteiger partial charge in [-0.3, -0.25) is 0 Å². The minimum Gasteiger partial charge on any atom is -0.310 e. The Balaban J connectivity index is 1.25. The number of para-hydroxylation sites is 3. The molecule has 0 aliphatic rings. The highest BCUT2D eigenvalue weighted by Gasteiger charge is 2.19. The molecule has 0 saturated heterocycles. The molecule has 0 N–H and O–H groups in total. The Morgan fingerprint density at radius 3 is 1.67 bits per heavy atom. The van der Waals surface area contributed by atoms with E-state index in [0.717, 1.165) is 22.7 Å². The number of aromatic nitrogens is 1. The molecule has 9 rings (SSSR count). The quantitative estimate of drug-likeness (QED) is 0.181. The molecule has 0 fully saturated rings. The maximum Gasteiger partial charge on any atom is 0.0547 e. The van der Waals surface area contributed by atoms with E-state index < -0.39 is 0 Å². The van der Waals surface area contributed by atoms with Crippen molar-refractivity contribution in [3.63, 3.8) is 0 Å². The first-order valence-corrected chi connectivity index (χ1v) is 16.4. The fourth-order valence-corrected chi connectivity index (χ4v) is 7.20. The molecular formula is C46H32N2. The first-order valence-electron chi connectivity index (χ1n) is 16.4. The van der Waals surface area contributed by atoms with Crippen molar-refractivity contribution in [2.45, 2.75) is 0 Å². The monoisotopic (exact) mass is 612 g/mol. The zero-order valence-electron chi connectivity index (χ0n) is 26.4. The van der Waals surface area contributed by atoms with Crippen LogP contribution in [-0.2, 0) is 0 Å². The highest BCUT2D eigenvalue weighted by atomic mass is 15.1. The lowest BCUT2D eigenvalue weighted by atomic mass is 9.93. The molecule has 9 aromatic rings. The Kier molecular flexibility index (Phi) is 6.84. The van der Waals surface area contributed by atoms with Crippen LogP contribution in [0, 0.1) is 0 Å². The van der Waals surface area contributed by atoms with Crippen LogP contribution in [-0.4, -0.2) is 4.57 Å². The van der Waals surface area contributed by atoms with Gasteiger partial charge in [-0.25, -0.2) is 0 Å². The SMILES string of the molecule is c1ccc(-c2ccc(-c3cccc4ccc5c(c6ccccc6n5-c5cccc(N(c6ccccc6)c6ccccc6)c5)c34)cc2)cc1. The maximum absolute atomic E-state index is 2.43. The molecule has 8 aromatic carbocycles. The van der Waals surface area contributed by atoms with Gasteiger partial charge in [-0.2, -0.15) is 0 Å². The Morgan fingerprint density at radius 1 is 0.354 bits per heavy atom. The molecule has 0 saturated carbocycles. The van der Waals surface area contributed by atoms with Gasteiger partial charge < -0.3 is 9.47 Å². The van der Waals surface area contributed by atoms with Crippen molar-refractivity contribution in [2.75, 3.05) is 4.90 Å². The second kappa shape index (κ2) is 11.8. The van der Waals surface area contributed by atoms with Crippen LogP contribution in [0.3, 0.4) is 0 Å². The summed E-state index contributed by atoms with van der Waals surface area (Å²) in [4.78, 5) is 2.32. The third kappa shape index (κ3) is 4.74. The molecule has 0 atom stereocenters. The highest BCUT2D eigenvalue weighted by Crippen LogP contribution is 2.42. The Hall–Kier alpha value is -6.38. The molecule has 0 amide bonds. The zero-order chi connectivity index (χ0) is 31.9. The molecule has 1 heterocycles. The number of anilines is 3. The topological polar surface area (TPSA) is 8.17 Å². The fraction of sp³-hybridized carbons (Fsp3) is 0. The van der Waals surface area contributed by atoms with Crippen LogP contribution in [0.4, 0.5) is 17.1 Å². The van der Waals surface area contributed by atoms with Crippen molar-refractivity contribution in [2.24, 2.45) is 0 Å². The van der Waals surface area contributed by atoms with Crippen LogP contribution in [0.15, 0.2) is 194 Å². The number of hydrogen-bond donors (Lipinski definition) is 0. The fourth-order valence-electron chi connectivity index (χ4n) is 7.20. The molecule has 0 bridgehead atoms. The van der Waals surface area contributed by atoms with Gasteiger partial charge in [-0.05, 0) is 87.6 Å². The summed E-state index contributed by atoms with van der Waals surface area (Å²) in [6, 6.07) is 69.8. The van der Waals surface area contributed by atoms with E-state index >= 15 is 0 Å². The second-order valence-corrected chi connectivity index (χ2v) is 12.2. The van der Waals surface area contributed by atoms with E-state index in [4.69, 9.17) is 0 Å². The van der Waals surface area contributed by atoms with Gasteiger partial charge >= 0.3 is 0 Å². The number of nitrogens with zero attached hydrogens (tertiary/aromatic N) is 2. The summed E-state index contributed by atoms with van der Waals surface area (Å²) in [7, 11) is 0. The molecule has 0 aliphatic carbocycles. The summed E-state index contributed by atoms with van der Waals surface area (Å²) in [5.41, 5.74) is 11.8. The van der Waals surface area contributed by atoms with Gasteiger partial charge in [0.05, 0.1) is 11.0 Å². The van der Waals surface area contributed by atoms with Gasteiger partial charge in [0.15, 0.2) is 0 Å². The van der Waals surface area contributed by atoms with E-state index in [1.165, 1.54) is 54.8 Å². The minimum absolute atomic E-state index is 1.11. The summed E-state index contributed by atoms with van der Waals surface area (Å²) in [6.07, 6.45) is 0. The van der Waals surface area contributed by atoms with Crippen molar-refractivity contribution in [3.8, 4) is 27.9 Å². The first kappa shape index (κ1) is 27.9. The van der Waals surface area contributed by atoms with E-state index in [9.17, 15) is 0 Å². The highest BCUT2D eigenvalue weighted by molar-refractivity contribution is 6.24. The molecule has 0 unspecified atom stereocenters. The van der Waals surface area contributed by atoms with E-state index in [0.29, 0.717) is 0 Å². The molecule has 1 aromatic heterocycles. The standard InChI is InChI=1S/C46H32N2/c1-4-14-33(15-5-1)34-26-28-35(29-27-34)41-24-12-16-36-30-31-44-46(45(36)41)42-23-10-11-25-43(42)48(44)40-22-13-21-39(32-40)47(37-17-6-2-7-18-37)38-19-8-3-9-20-38/h1-32H. The largest absolute Gasteiger partial charge is 0.310 e. The summed E-state index contributed by atoms with van der Waals surface area (Å²) < 4.78 is 2.43. The van der Waals surface area contributed by atoms with Gasteiger partial charge in [-0.15, -0.1) is 0 Å². The van der Waals surface area contributed by atoms with Crippen LogP contribution in [0.25, 0.3) is 60.5 Å². The molecule has 2 nitrogen and oxygen atoms in total. The summed E-state index contributed by atoms with van der Waals surface area (Å²) >= 11 is 0. The number of fused-ring (bicyclic) bond motifs is 5. The first-order chi connectivity index (χ1) is 23.8. The smallest absolute Gasteiger partial charge is 0.0547 e. The molecule has 0 spiro atoms. The molecule has 0 radical (unpaired) electrons. The minimum atomic E-state index is 1.11. The molecule has 0 aliphatic heterocycles. The van der Waals surface area contributed by atoms with Gasteiger partial charge in [0, 0.05) is 33.5 Å². The van der Waals surface area contributed by atoms with Crippen molar-refractivity contribution >= 4 is 49.6 Å². The van der Waals surface area contributed by atoms with E-state index in [1.54, 1.807) is 0 Å². The number of hydrogen-bond acceptors (Lipinski definition) is 1. The zero-order valence-corrected chi connectivity index (χ0v) is 26.4. The Labute approximate surface area is 280 Å². The van der Waals surface area contributed by atoms with Crippen LogP contribution >= 0.6 is 0 Å². The van der Waals surface area contributed by atoms with E-state index in [1.807, 2.05) is 0 Å². The third-order valence-corrected chi connectivity index (χ3v) is 9.36. The Morgan fingerprint density at radius 2 is 0.938 bits per heavy atom. The van der Waals surface area contributed by atoms with Crippen LogP contribution in [0.2, 0.25) is 0 Å². The van der Waals surface area contributed by atoms with Gasteiger partial charge in [0.2, 0.25) is 0 Å². The van der Waals surface area contributed by atoms with E-state index in [-0.39, 0.29) is 0 Å². The van der Waals surface area contributed by atoms with Gasteiger partial charge in [0.1, 0.15) is 0 Å². The predicted molar refractivity (Wildman–Crippen MR) is 204 cm³/mol. The van der Waals surface area contributed by atoms with Crippen molar-refractivity contribution in [1.29, 1.82) is 0 Å². The number of benzene rings is 8. The average molecular weight is 613 g/mol. The molecule has 48 heavy (non-hydrogen) atoms. The summed E-state index contributed by atoms with van der Waals surface area (Å²) in [6.45, 7) is 0. The average Bonchev–Trinajstić information content (AvgIpc) is 3.51. The molecule has 226 valence electrons. The molecular weight excluding hydrogens is 581 g/mol. The van der Waals surface area contributed by atoms with E-state index in [2.05, 4.69) is 204 Å². The predicted octanol–water partition coefficient (Wildman–Crippen LogP) is 12.7. The van der Waals surface area contributed by atoms with Crippen LogP contribution in [0.5, 0.6) is 0 Å². The van der Waals surface area contributed by atoms with Crippen LogP contribution < -0.4 is 4.90 Å². The lowest BCUT2D eigenvalue weighted by Gasteiger charge is -2.26. The number of rotatable bonds is 6. The summed E-state index contributed by atoms with van der Waals surface area (Å²) in [5.74, 6) is 0. The Bertz CT molecular complexity index is 2490. The summed E-state index contributed by atoms with van der Waals surface area (Å²) in [5, 5.41) is 5.05. The third-order valence-electron chi connectivity index (χ3n) is 9.36. The van der Waals surface area contributed by atoms with Gasteiger partial charge in [-0.1, -0.05) is 140 Å². The van der Waals surface area contributed by atoms with Crippen molar-refractivity contribution in [1.82, 2.24) is 4.57 Å². The lowest BCUT2D eigenvalue weighted by Crippen LogP contribution is -2.10. The molecule has 2 heteroatoms. The normalized spacial score (nSPS) is 11.3. The lowest BCUT2D eigenvalue weighted by molar-refractivity contribution is 1.17. The van der Waals surface area contributed by atoms with Crippen LogP contribution in [0.1, 0.15) is 0 Å². The van der Waals surface area contributed by atoms with Crippen molar-refractivity contribution < 1.29 is 0 Å². The van der Waals surface area contributed by atoms with Crippen molar-refractivity contribution in [3.05, 3.63) is 194 Å². The van der Waals surface area contributed by atoms with Gasteiger partial charge in [0.25, 0.3) is 0 Å².